The third-order valence-corrected chi connectivity index (χ3v) is 4.72. The zero-order valence-corrected chi connectivity index (χ0v) is 12.8. The van der Waals surface area contributed by atoms with Crippen molar-refractivity contribution in [3.8, 4) is 0 Å². The maximum atomic E-state index is 11.7. The standard InChI is InChI=1S/C15H28N2O3/c1-13-3-5-15(19,6-4-13)12-16-7-9-17(10-8-16)14(18)11-20-2/h13,19H,3-12H2,1-2H3. The molecule has 0 aromatic rings. The Morgan fingerprint density at radius 1 is 1.25 bits per heavy atom. The fraction of sp³-hybridized carbons (Fsp3) is 0.933. The van der Waals surface area contributed by atoms with E-state index in [0.29, 0.717) is 0 Å². The van der Waals surface area contributed by atoms with E-state index >= 15 is 0 Å². The number of hydrogen-bond acceptors (Lipinski definition) is 4. The number of nitrogens with zero attached hydrogens (tertiary/aromatic N) is 2. The Bertz CT molecular complexity index is 319. The van der Waals surface area contributed by atoms with E-state index in [0.717, 1.165) is 64.3 Å². The van der Waals surface area contributed by atoms with Gasteiger partial charge >= 0.3 is 0 Å². The van der Waals surface area contributed by atoms with Gasteiger partial charge in [-0.1, -0.05) is 6.92 Å². The van der Waals surface area contributed by atoms with Crippen LogP contribution >= 0.6 is 0 Å². The minimum absolute atomic E-state index is 0.0670. The van der Waals surface area contributed by atoms with Crippen molar-refractivity contribution in [2.45, 2.75) is 38.2 Å². The fourth-order valence-corrected chi connectivity index (χ4v) is 3.24. The Labute approximate surface area is 121 Å². The van der Waals surface area contributed by atoms with Crippen LogP contribution in [0.4, 0.5) is 0 Å². The maximum absolute atomic E-state index is 11.7. The summed E-state index contributed by atoms with van der Waals surface area (Å²) in [5.41, 5.74) is -0.509. The number of carbonyl (C=O) groups is 1. The summed E-state index contributed by atoms with van der Waals surface area (Å²) in [6.07, 6.45) is 4.08. The van der Waals surface area contributed by atoms with E-state index in [-0.39, 0.29) is 12.5 Å². The molecule has 0 atom stereocenters. The number of methoxy groups -OCH3 is 1. The first kappa shape index (κ1) is 15.7. The maximum Gasteiger partial charge on any atom is 0.248 e. The van der Waals surface area contributed by atoms with E-state index < -0.39 is 5.60 Å². The number of hydrogen-bond donors (Lipinski definition) is 1. The van der Waals surface area contributed by atoms with Crippen LogP contribution in [0.25, 0.3) is 0 Å². The third-order valence-electron chi connectivity index (χ3n) is 4.72. The summed E-state index contributed by atoms with van der Waals surface area (Å²) in [7, 11) is 1.55. The van der Waals surface area contributed by atoms with Crippen molar-refractivity contribution in [1.29, 1.82) is 0 Å². The molecule has 1 heterocycles. The molecule has 0 aromatic carbocycles. The van der Waals surface area contributed by atoms with E-state index in [4.69, 9.17) is 4.74 Å². The van der Waals surface area contributed by atoms with Crippen molar-refractivity contribution >= 4 is 5.91 Å². The Balaban J connectivity index is 1.75. The van der Waals surface area contributed by atoms with Gasteiger partial charge in [-0.3, -0.25) is 9.69 Å². The average molecular weight is 284 g/mol. The van der Waals surface area contributed by atoms with Crippen LogP contribution in [0.2, 0.25) is 0 Å². The summed E-state index contributed by atoms with van der Waals surface area (Å²) in [6, 6.07) is 0. The van der Waals surface area contributed by atoms with Crippen LogP contribution in [0.1, 0.15) is 32.6 Å². The van der Waals surface area contributed by atoms with Crippen LogP contribution in [0.15, 0.2) is 0 Å². The Morgan fingerprint density at radius 2 is 1.85 bits per heavy atom. The lowest BCUT2D eigenvalue weighted by atomic mass is 9.79. The summed E-state index contributed by atoms with van der Waals surface area (Å²) >= 11 is 0. The van der Waals surface area contributed by atoms with Gasteiger partial charge in [0.1, 0.15) is 6.61 Å². The lowest BCUT2D eigenvalue weighted by molar-refractivity contribution is -0.137. The summed E-state index contributed by atoms with van der Waals surface area (Å²) < 4.78 is 4.89. The number of aliphatic hydroxyl groups is 1. The van der Waals surface area contributed by atoms with Crippen LogP contribution in [0, 0.1) is 5.92 Å². The van der Waals surface area contributed by atoms with Crippen molar-refractivity contribution in [2.75, 3.05) is 46.4 Å². The average Bonchev–Trinajstić information content (AvgIpc) is 2.43. The van der Waals surface area contributed by atoms with Crippen molar-refractivity contribution < 1.29 is 14.6 Å². The number of β-amino-alcohol motifs (C(OH)–C–C–N with tert-alkyl or cyclic N) is 1. The summed E-state index contributed by atoms with van der Waals surface area (Å²) in [5, 5.41) is 10.7. The third kappa shape index (κ3) is 4.17. The lowest BCUT2D eigenvalue weighted by Crippen LogP contribution is -2.54. The van der Waals surface area contributed by atoms with Crippen molar-refractivity contribution in [2.24, 2.45) is 5.92 Å². The summed E-state index contributed by atoms with van der Waals surface area (Å²) in [6.45, 7) is 6.39. The molecule has 1 saturated carbocycles. The normalized spacial score (nSPS) is 32.4. The highest BCUT2D eigenvalue weighted by atomic mass is 16.5. The number of ether oxygens (including phenoxy) is 1. The zero-order chi connectivity index (χ0) is 14.6. The van der Waals surface area contributed by atoms with E-state index in [1.54, 1.807) is 7.11 Å². The van der Waals surface area contributed by atoms with Crippen molar-refractivity contribution in [1.82, 2.24) is 9.80 Å². The topological polar surface area (TPSA) is 53.0 Å². The molecule has 1 N–H and O–H groups in total. The molecule has 5 nitrogen and oxygen atoms in total. The highest BCUT2D eigenvalue weighted by Crippen LogP contribution is 2.32. The second kappa shape index (κ2) is 6.87. The predicted octanol–water partition coefficient (Wildman–Crippen LogP) is 0.718. The van der Waals surface area contributed by atoms with Gasteiger partial charge < -0.3 is 14.7 Å². The van der Waals surface area contributed by atoms with E-state index in [1.807, 2.05) is 4.90 Å². The Morgan fingerprint density at radius 3 is 2.40 bits per heavy atom. The fourth-order valence-electron chi connectivity index (χ4n) is 3.24. The lowest BCUT2D eigenvalue weighted by Gasteiger charge is -2.42. The molecule has 0 spiro atoms. The van der Waals surface area contributed by atoms with Gasteiger partial charge in [0.25, 0.3) is 0 Å². The Hall–Kier alpha value is -0.650. The highest BCUT2D eigenvalue weighted by molar-refractivity contribution is 5.77. The van der Waals surface area contributed by atoms with Gasteiger partial charge in [-0.15, -0.1) is 0 Å². The molecular weight excluding hydrogens is 256 g/mol. The minimum Gasteiger partial charge on any atom is -0.389 e. The summed E-state index contributed by atoms with van der Waals surface area (Å²) in [5.74, 6) is 0.816. The van der Waals surface area contributed by atoms with Gasteiger partial charge in [0.05, 0.1) is 5.60 Å². The van der Waals surface area contributed by atoms with Crippen molar-refractivity contribution in [3.05, 3.63) is 0 Å². The molecule has 0 aromatic heterocycles. The number of amides is 1. The molecule has 116 valence electrons. The van der Waals surface area contributed by atoms with Crippen LogP contribution in [-0.2, 0) is 9.53 Å². The Kier molecular flexibility index (Phi) is 5.41. The quantitative estimate of drug-likeness (QED) is 0.826. The van der Waals surface area contributed by atoms with Gasteiger partial charge in [0.2, 0.25) is 5.91 Å². The highest BCUT2D eigenvalue weighted by Gasteiger charge is 2.34. The first-order valence-electron chi connectivity index (χ1n) is 7.74. The van der Waals surface area contributed by atoms with Gasteiger partial charge in [-0.25, -0.2) is 0 Å². The second-order valence-corrected chi connectivity index (χ2v) is 6.50. The first-order chi connectivity index (χ1) is 9.52. The van der Waals surface area contributed by atoms with Gasteiger partial charge in [-0.2, -0.15) is 0 Å². The van der Waals surface area contributed by atoms with Crippen LogP contribution in [0.3, 0.4) is 0 Å². The number of carbonyl (C=O) groups excluding carboxylic acids is 1. The van der Waals surface area contributed by atoms with Crippen LogP contribution < -0.4 is 0 Å². The number of rotatable bonds is 4. The predicted molar refractivity (Wildman–Crippen MR) is 77.5 cm³/mol. The molecular formula is C15H28N2O3. The molecule has 5 heteroatoms. The molecule has 2 rings (SSSR count). The van der Waals surface area contributed by atoms with E-state index in [9.17, 15) is 9.90 Å². The molecule has 1 aliphatic heterocycles. The summed E-state index contributed by atoms with van der Waals surface area (Å²) in [4.78, 5) is 15.9. The molecule has 1 aliphatic carbocycles. The van der Waals surface area contributed by atoms with E-state index in [2.05, 4.69) is 11.8 Å². The van der Waals surface area contributed by atoms with Gasteiger partial charge in [0, 0.05) is 39.8 Å². The second-order valence-electron chi connectivity index (χ2n) is 6.50. The monoisotopic (exact) mass is 284 g/mol. The largest absolute Gasteiger partial charge is 0.389 e. The molecule has 2 aliphatic rings. The first-order valence-corrected chi connectivity index (χ1v) is 7.74. The van der Waals surface area contributed by atoms with E-state index in [1.165, 1.54) is 0 Å². The van der Waals surface area contributed by atoms with Gasteiger partial charge in [0.15, 0.2) is 0 Å². The van der Waals surface area contributed by atoms with Crippen LogP contribution in [-0.4, -0.2) is 72.9 Å². The minimum atomic E-state index is -0.509. The van der Waals surface area contributed by atoms with Crippen LogP contribution in [0.5, 0.6) is 0 Å². The molecule has 2 fully saturated rings. The molecule has 1 amide bonds. The molecule has 0 bridgehead atoms. The molecule has 20 heavy (non-hydrogen) atoms. The number of piperazine rings is 1. The zero-order valence-electron chi connectivity index (χ0n) is 12.8. The van der Waals surface area contributed by atoms with Gasteiger partial charge in [-0.05, 0) is 31.6 Å². The SMILES string of the molecule is COCC(=O)N1CCN(CC2(O)CCC(C)CC2)CC1. The van der Waals surface area contributed by atoms with Crippen molar-refractivity contribution in [3.63, 3.8) is 0 Å². The molecule has 0 unspecified atom stereocenters. The molecule has 1 saturated heterocycles. The molecule has 0 radical (unpaired) electrons. The smallest absolute Gasteiger partial charge is 0.248 e.